The van der Waals surface area contributed by atoms with Gasteiger partial charge in [-0.1, -0.05) is 30.0 Å². The molecule has 4 aromatic rings. The van der Waals surface area contributed by atoms with Gasteiger partial charge >= 0.3 is 0 Å². The van der Waals surface area contributed by atoms with Crippen molar-refractivity contribution < 1.29 is 14.3 Å². The average molecular weight is 500 g/mol. The average Bonchev–Trinajstić information content (AvgIpc) is 3.50. The molecular formula is C23H21N3O4S3. The smallest absolute Gasteiger partial charge is 0.263 e. The zero-order valence-electron chi connectivity index (χ0n) is 18.0. The van der Waals surface area contributed by atoms with Gasteiger partial charge in [0.2, 0.25) is 5.91 Å². The standard InChI is InChI=1S/C23H21N3O4S3/c1-25(10-14-11-29-16-6-3-4-7-17(16)30-14)19(27)13-33-23-24-21-20(22(28)26(23)2)15(12-32-21)18-8-5-9-31-18/h3-9,12,14H,10-11,13H2,1-2H3/t14-/m1/s1. The number of thiophene rings is 2. The van der Waals surface area contributed by atoms with Gasteiger partial charge in [-0.25, -0.2) is 4.98 Å². The molecule has 1 atom stereocenters. The van der Waals surface area contributed by atoms with E-state index < -0.39 is 0 Å². The number of rotatable bonds is 6. The van der Waals surface area contributed by atoms with Crippen molar-refractivity contribution in [3.8, 4) is 21.9 Å². The van der Waals surface area contributed by atoms with Gasteiger partial charge in [-0.05, 0) is 23.6 Å². The van der Waals surface area contributed by atoms with Crippen molar-refractivity contribution in [3.05, 3.63) is 57.5 Å². The Labute approximate surface area is 202 Å². The van der Waals surface area contributed by atoms with Crippen LogP contribution in [-0.2, 0) is 11.8 Å². The second-order valence-corrected chi connectivity index (χ2v) is 10.4. The molecule has 0 spiro atoms. The van der Waals surface area contributed by atoms with Crippen molar-refractivity contribution >= 4 is 50.6 Å². The van der Waals surface area contributed by atoms with Crippen molar-refractivity contribution in [2.24, 2.45) is 7.05 Å². The van der Waals surface area contributed by atoms with Crippen LogP contribution in [0.15, 0.2) is 57.1 Å². The lowest BCUT2D eigenvalue weighted by molar-refractivity contribution is -0.128. The lowest BCUT2D eigenvalue weighted by Gasteiger charge is -2.29. The molecule has 4 heterocycles. The first kappa shape index (κ1) is 22.0. The number of thioether (sulfide) groups is 1. The van der Waals surface area contributed by atoms with E-state index in [1.54, 1.807) is 30.3 Å². The minimum Gasteiger partial charge on any atom is -0.486 e. The molecule has 1 amide bonds. The zero-order valence-corrected chi connectivity index (χ0v) is 20.5. The number of carbonyl (C=O) groups is 1. The van der Waals surface area contributed by atoms with E-state index in [1.807, 2.05) is 47.2 Å². The summed E-state index contributed by atoms with van der Waals surface area (Å²) >= 11 is 4.32. The quantitative estimate of drug-likeness (QED) is 0.294. The molecule has 0 unspecified atom stereocenters. The van der Waals surface area contributed by atoms with Crippen LogP contribution in [0.1, 0.15) is 0 Å². The summed E-state index contributed by atoms with van der Waals surface area (Å²) in [5.41, 5.74) is 0.820. The molecule has 0 fully saturated rings. The topological polar surface area (TPSA) is 73.7 Å². The number of para-hydroxylation sites is 2. The van der Waals surface area contributed by atoms with Crippen molar-refractivity contribution in [1.29, 1.82) is 0 Å². The maximum absolute atomic E-state index is 13.1. The van der Waals surface area contributed by atoms with Crippen LogP contribution < -0.4 is 15.0 Å². The molecule has 170 valence electrons. The molecule has 0 bridgehead atoms. The van der Waals surface area contributed by atoms with Gasteiger partial charge in [0.25, 0.3) is 5.56 Å². The number of amides is 1. The molecule has 1 aliphatic heterocycles. The first-order chi connectivity index (χ1) is 16.0. The highest BCUT2D eigenvalue weighted by Gasteiger charge is 2.24. The van der Waals surface area contributed by atoms with Gasteiger partial charge in [0, 0.05) is 29.9 Å². The predicted octanol–water partition coefficient (Wildman–Crippen LogP) is 4.11. The molecule has 0 N–H and O–H groups in total. The lowest BCUT2D eigenvalue weighted by atomic mass is 10.2. The van der Waals surface area contributed by atoms with Crippen LogP contribution in [0.25, 0.3) is 20.7 Å². The number of ether oxygens (including phenoxy) is 2. The fourth-order valence-electron chi connectivity index (χ4n) is 3.59. The van der Waals surface area contributed by atoms with Crippen LogP contribution in [0.3, 0.4) is 0 Å². The molecule has 0 aliphatic carbocycles. The van der Waals surface area contributed by atoms with Crippen LogP contribution in [0.5, 0.6) is 11.5 Å². The molecule has 5 rings (SSSR count). The number of carbonyl (C=O) groups excluding carboxylic acids is 1. The maximum atomic E-state index is 13.1. The summed E-state index contributed by atoms with van der Waals surface area (Å²) in [5, 5.41) is 5.13. The molecule has 3 aromatic heterocycles. The molecule has 33 heavy (non-hydrogen) atoms. The van der Waals surface area contributed by atoms with Crippen molar-refractivity contribution in [3.63, 3.8) is 0 Å². The molecule has 0 radical (unpaired) electrons. The second-order valence-electron chi connectivity index (χ2n) is 7.63. The highest BCUT2D eigenvalue weighted by Crippen LogP contribution is 2.34. The summed E-state index contributed by atoms with van der Waals surface area (Å²) < 4.78 is 13.2. The predicted molar refractivity (Wildman–Crippen MR) is 133 cm³/mol. The van der Waals surface area contributed by atoms with E-state index in [2.05, 4.69) is 4.98 Å². The molecule has 1 aromatic carbocycles. The van der Waals surface area contributed by atoms with Gasteiger partial charge in [0.05, 0.1) is 17.7 Å². The number of likely N-dealkylation sites (N-methyl/N-ethyl adjacent to an activating group) is 1. The summed E-state index contributed by atoms with van der Waals surface area (Å²) in [7, 11) is 3.45. The highest BCUT2D eigenvalue weighted by molar-refractivity contribution is 7.99. The lowest BCUT2D eigenvalue weighted by Crippen LogP contribution is -2.42. The van der Waals surface area contributed by atoms with Gasteiger partial charge in [-0.15, -0.1) is 22.7 Å². The van der Waals surface area contributed by atoms with Gasteiger partial charge < -0.3 is 14.4 Å². The molecule has 0 saturated carbocycles. The first-order valence-electron chi connectivity index (χ1n) is 10.3. The summed E-state index contributed by atoms with van der Waals surface area (Å²) in [6.07, 6.45) is -0.237. The Morgan fingerprint density at radius 1 is 1.24 bits per heavy atom. The zero-order chi connectivity index (χ0) is 22.9. The summed E-state index contributed by atoms with van der Waals surface area (Å²) in [5.74, 6) is 1.52. The molecule has 10 heteroatoms. The van der Waals surface area contributed by atoms with Gasteiger partial charge in [-0.3, -0.25) is 14.2 Å². The van der Waals surface area contributed by atoms with Gasteiger partial charge in [0.15, 0.2) is 22.8 Å². The highest BCUT2D eigenvalue weighted by atomic mass is 32.2. The minimum atomic E-state index is -0.237. The first-order valence-corrected chi connectivity index (χ1v) is 13.0. The number of aromatic nitrogens is 2. The Bertz CT molecular complexity index is 1360. The third-order valence-electron chi connectivity index (χ3n) is 5.36. The molecule has 7 nitrogen and oxygen atoms in total. The van der Waals surface area contributed by atoms with Crippen LogP contribution >= 0.6 is 34.4 Å². The van der Waals surface area contributed by atoms with Crippen molar-refractivity contribution in [2.75, 3.05) is 26.0 Å². The van der Waals surface area contributed by atoms with Crippen LogP contribution in [-0.4, -0.2) is 52.4 Å². The van der Waals surface area contributed by atoms with Gasteiger partial charge in [-0.2, -0.15) is 0 Å². The Kier molecular flexibility index (Phi) is 6.13. The Morgan fingerprint density at radius 3 is 2.85 bits per heavy atom. The Balaban J connectivity index is 1.25. The van der Waals surface area contributed by atoms with E-state index in [1.165, 1.54) is 27.7 Å². The Hall–Kier alpha value is -2.82. The largest absolute Gasteiger partial charge is 0.486 e. The summed E-state index contributed by atoms with van der Waals surface area (Å²) in [6.45, 7) is 0.799. The fourth-order valence-corrected chi connectivity index (χ4v) is 6.31. The monoisotopic (exact) mass is 499 g/mol. The fraction of sp³-hybridized carbons (Fsp3) is 0.261. The van der Waals surface area contributed by atoms with E-state index >= 15 is 0 Å². The number of fused-ring (bicyclic) bond motifs is 2. The van der Waals surface area contributed by atoms with Crippen LogP contribution in [0.4, 0.5) is 0 Å². The minimum absolute atomic E-state index is 0.0674. The molecular weight excluding hydrogens is 478 g/mol. The number of hydrogen-bond acceptors (Lipinski definition) is 8. The normalized spacial score (nSPS) is 15.0. The van der Waals surface area contributed by atoms with Crippen LogP contribution in [0, 0.1) is 0 Å². The van der Waals surface area contributed by atoms with Crippen molar-refractivity contribution in [1.82, 2.24) is 14.5 Å². The van der Waals surface area contributed by atoms with E-state index in [4.69, 9.17) is 9.47 Å². The maximum Gasteiger partial charge on any atom is 0.263 e. The van der Waals surface area contributed by atoms with Gasteiger partial charge in [0.1, 0.15) is 11.4 Å². The molecule has 0 saturated heterocycles. The SMILES string of the molecule is CN(C[C@@H]1COc2ccccc2O1)C(=O)CSc1nc2scc(-c3cccs3)c2c(=O)n1C. The third-order valence-corrected chi connectivity index (χ3v) is 8.15. The molecule has 1 aliphatic rings. The Morgan fingerprint density at radius 2 is 2.06 bits per heavy atom. The van der Waals surface area contributed by atoms with Crippen molar-refractivity contribution in [2.45, 2.75) is 11.3 Å². The second kappa shape index (κ2) is 9.20. The summed E-state index contributed by atoms with van der Waals surface area (Å²) in [6, 6.07) is 11.5. The van der Waals surface area contributed by atoms with E-state index in [9.17, 15) is 9.59 Å². The van der Waals surface area contributed by atoms with Crippen LogP contribution in [0.2, 0.25) is 0 Å². The van der Waals surface area contributed by atoms with E-state index in [0.717, 1.165) is 16.2 Å². The summed E-state index contributed by atoms with van der Waals surface area (Å²) in [4.78, 5) is 33.9. The number of hydrogen-bond donors (Lipinski definition) is 0. The van der Waals surface area contributed by atoms with E-state index in [-0.39, 0.29) is 23.3 Å². The van der Waals surface area contributed by atoms with E-state index in [0.29, 0.717) is 34.3 Å². The number of nitrogens with zero attached hydrogens (tertiary/aromatic N) is 3. The third kappa shape index (κ3) is 4.38. The number of benzene rings is 1.